The number of fused-ring (bicyclic) bond motifs is 13. The van der Waals surface area contributed by atoms with Gasteiger partial charge in [0.15, 0.2) is 5.82 Å². The molecule has 4 nitrogen and oxygen atoms in total. The van der Waals surface area contributed by atoms with Crippen LogP contribution in [0.4, 0.5) is 0 Å². The summed E-state index contributed by atoms with van der Waals surface area (Å²) in [5.41, 5.74) is 16.5. The van der Waals surface area contributed by atoms with Crippen molar-refractivity contribution in [1.82, 2.24) is 15.0 Å². The summed E-state index contributed by atoms with van der Waals surface area (Å²) >= 11 is 0. The Kier molecular flexibility index (Phi) is 8.09. The Morgan fingerprint density at radius 2 is 0.891 bits per heavy atom. The molecule has 64 heavy (non-hydrogen) atoms. The number of nitrogens with zero attached hydrogens (tertiary/aromatic N) is 3. The van der Waals surface area contributed by atoms with E-state index in [1.54, 1.807) is 0 Å². The van der Waals surface area contributed by atoms with E-state index >= 15 is 0 Å². The quantitative estimate of drug-likeness (QED) is 0.162. The van der Waals surface area contributed by atoms with Crippen molar-refractivity contribution >= 4 is 21.7 Å². The third kappa shape index (κ3) is 5.46. The number of rotatable bonds is 5. The molecule has 11 aromatic rings. The number of pyridine rings is 1. The average Bonchev–Trinajstić information content (AvgIpc) is 3.67. The lowest BCUT2D eigenvalue weighted by Gasteiger charge is -2.40. The summed E-state index contributed by atoms with van der Waals surface area (Å²) in [4.78, 5) is 15.8. The van der Waals surface area contributed by atoms with Gasteiger partial charge in [-0.25, -0.2) is 15.0 Å². The second-order valence-corrected chi connectivity index (χ2v) is 16.6. The first kappa shape index (κ1) is 36.2. The minimum absolute atomic E-state index is 0.572. The van der Waals surface area contributed by atoms with E-state index in [-0.39, 0.29) is 0 Å². The van der Waals surface area contributed by atoms with Crippen LogP contribution in [0.1, 0.15) is 22.3 Å². The molecular formula is C60H37N3O. The van der Waals surface area contributed by atoms with E-state index in [2.05, 4.69) is 200 Å². The molecule has 0 N–H and O–H groups in total. The van der Waals surface area contributed by atoms with Crippen LogP contribution < -0.4 is 4.74 Å². The first-order chi connectivity index (χ1) is 31.7. The lowest BCUT2D eigenvalue weighted by molar-refractivity contribution is 0.442. The van der Waals surface area contributed by atoms with Crippen LogP contribution in [0, 0.1) is 0 Å². The van der Waals surface area contributed by atoms with Gasteiger partial charge in [0.2, 0.25) is 0 Å². The van der Waals surface area contributed by atoms with Crippen molar-refractivity contribution in [2.24, 2.45) is 0 Å². The van der Waals surface area contributed by atoms with Crippen LogP contribution in [0.15, 0.2) is 224 Å². The second-order valence-electron chi connectivity index (χ2n) is 16.6. The van der Waals surface area contributed by atoms with Gasteiger partial charge in [-0.15, -0.1) is 0 Å². The van der Waals surface area contributed by atoms with Gasteiger partial charge >= 0.3 is 0 Å². The smallest absolute Gasteiger partial charge is 0.160 e. The molecule has 3 heterocycles. The van der Waals surface area contributed by atoms with E-state index in [0.717, 1.165) is 94.8 Å². The highest BCUT2D eigenvalue weighted by atomic mass is 16.5. The van der Waals surface area contributed by atoms with E-state index in [0.29, 0.717) is 5.82 Å². The van der Waals surface area contributed by atoms with Crippen LogP contribution >= 0.6 is 0 Å². The molecule has 0 fully saturated rings. The van der Waals surface area contributed by atoms with Gasteiger partial charge in [0, 0.05) is 49.5 Å². The van der Waals surface area contributed by atoms with Crippen LogP contribution in [0.3, 0.4) is 0 Å². The fraction of sp³-hybridized carbons (Fsp3) is 0.0167. The molecular weight excluding hydrogens is 779 g/mol. The zero-order chi connectivity index (χ0) is 42.2. The molecule has 298 valence electrons. The van der Waals surface area contributed by atoms with Crippen LogP contribution in [-0.4, -0.2) is 15.0 Å². The largest absolute Gasteiger partial charge is 0.456 e. The predicted octanol–water partition coefficient (Wildman–Crippen LogP) is 15.0. The maximum absolute atomic E-state index is 7.20. The summed E-state index contributed by atoms with van der Waals surface area (Å²) in [7, 11) is 0. The lowest BCUT2D eigenvalue weighted by Crippen LogP contribution is -2.32. The maximum Gasteiger partial charge on any atom is 0.160 e. The van der Waals surface area contributed by atoms with Crippen molar-refractivity contribution < 1.29 is 4.74 Å². The maximum atomic E-state index is 7.20. The Morgan fingerprint density at radius 3 is 1.61 bits per heavy atom. The van der Waals surface area contributed by atoms with Crippen molar-refractivity contribution in [2.45, 2.75) is 5.41 Å². The van der Waals surface area contributed by atoms with Crippen LogP contribution in [0.25, 0.3) is 89.1 Å². The highest BCUT2D eigenvalue weighted by Crippen LogP contribution is 2.63. The summed E-state index contributed by atoms with van der Waals surface area (Å²) in [5, 5.41) is 3.12. The van der Waals surface area contributed by atoms with Crippen molar-refractivity contribution in [1.29, 1.82) is 0 Å². The summed E-state index contributed by atoms with van der Waals surface area (Å²) in [6.45, 7) is 0. The third-order valence-electron chi connectivity index (χ3n) is 13.1. The third-order valence-corrected chi connectivity index (χ3v) is 13.1. The Labute approximate surface area is 370 Å². The molecule has 9 aromatic carbocycles. The van der Waals surface area contributed by atoms with Crippen molar-refractivity contribution in [3.8, 4) is 78.9 Å². The Morgan fingerprint density at radius 1 is 0.344 bits per heavy atom. The van der Waals surface area contributed by atoms with E-state index in [1.807, 2.05) is 24.3 Å². The Hall–Kier alpha value is -8.47. The average molecular weight is 816 g/mol. The second kappa shape index (κ2) is 14.3. The molecule has 0 bridgehead atoms. The Balaban J connectivity index is 1.02. The molecule has 0 radical (unpaired) electrons. The fourth-order valence-electron chi connectivity index (χ4n) is 10.3. The molecule has 1 aliphatic carbocycles. The van der Waals surface area contributed by atoms with Gasteiger partial charge in [-0.05, 0) is 63.7 Å². The molecule has 0 saturated carbocycles. The number of aromatic nitrogens is 3. The van der Waals surface area contributed by atoms with Gasteiger partial charge in [0.25, 0.3) is 0 Å². The SMILES string of the molecule is c1ccc(-c2cccc(-c3cc(-c4cccc(-c5nc6ccccc6c6c7c(ccc56)C5(c6ccccc6O7)c6ccccc6-c6ccccc65)c4)nc(-c4ccccc4)n3)c2)cc1. The predicted molar refractivity (Wildman–Crippen MR) is 259 cm³/mol. The molecule has 0 atom stereocenters. The van der Waals surface area contributed by atoms with Gasteiger partial charge in [0.05, 0.1) is 28.0 Å². The molecule has 2 aromatic heterocycles. The number of benzene rings is 9. The van der Waals surface area contributed by atoms with Crippen molar-refractivity contribution in [3.05, 3.63) is 247 Å². The minimum atomic E-state index is -0.572. The van der Waals surface area contributed by atoms with E-state index < -0.39 is 5.41 Å². The summed E-state index contributed by atoms with van der Waals surface area (Å²) in [5.74, 6) is 2.40. The summed E-state index contributed by atoms with van der Waals surface area (Å²) in [6.07, 6.45) is 0. The van der Waals surface area contributed by atoms with Gasteiger partial charge in [0.1, 0.15) is 11.5 Å². The van der Waals surface area contributed by atoms with Crippen LogP contribution in [-0.2, 0) is 5.41 Å². The Bertz CT molecular complexity index is 3610. The van der Waals surface area contributed by atoms with Gasteiger partial charge in [-0.1, -0.05) is 194 Å². The van der Waals surface area contributed by atoms with Crippen molar-refractivity contribution in [3.63, 3.8) is 0 Å². The number of hydrogen-bond acceptors (Lipinski definition) is 4. The molecule has 4 heteroatoms. The normalized spacial score (nSPS) is 12.9. The zero-order valence-electron chi connectivity index (χ0n) is 34.6. The highest BCUT2D eigenvalue weighted by molar-refractivity contribution is 6.15. The first-order valence-electron chi connectivity index (χ1n) is 21.8. The lowest BCUT2D eigenvalue weighted by atomic mass is 9.65. The minimum Gasteiger partial charge on any atom is -0.456 e. The molecule has 13 rings (SSSR count). The van der Waals surface area contributed by atoms with Gasteiger partial charge < -0.3 is 4.74 Å². The number of ether oxygens (including phenoxy) is 1. The molecule has 2 aliphatic rings. The van der Waals surface area contributed by atoms with E-state index in [9.17, 15) is 0 Å². The van der Waals surface area contributed by atoms with E-state index in [4.69, 9.17) is 19.7 Å². The highest BCUT2D eigenvalue weighted by Gasteiger charge is 2.51. The van der Waals surface area contributed by atoms with Crippen molar-refractivity contribution in [2.75, 3.05) is 0 Å². The molecule has 1 aliphatic heterocycles. The number of para-hydroxylation sites is 2. The molecule has 0 amide bonds. The summed E-state index contributed by atoms with van der Waals surface area (Å²) < 4.78 is 7.20. The van der Waals surface area contributed by atoms with E-state index in [1.165, 1.54) is 22.3 Å². The molecule has 1 spiro atoms. The molecule has 0 saturated heterocycles. The zero-order valence-corrected chi connectivity index (χ0v) is 34.6. The standard InChI is InChI=1S/C60H37N3O/c1-3-17-38(18-4-1)40-21-15-22-41(35-40)53-37-54(63-59(62-53)39-19-5-2-6-20-39)42-23-16-24-43(36-42)57-47-33-34-51-58(56(47)46-27-9-13-31-52(46)61-57)64-55-32-14-12-30-50(55)60(51)48-28-10-7-25-44(48)45-26-8-11-29-49(45)60/h1-37H. The molecule has 0 unspecified atom stereocenters. The monoisotopic (exact) mass is 815 g/mol. The first-order valence-corrected chi connectivity index (χ1v) is 21.8. The topological polar surface area (TPSA) is 47.9 Å². The van der Waals surface area contributed by atoms with Gasteiger partial charge in [-0.3, -0.25) is 0 Å². The summed E-state index contributed by atoms with van der Waals surface area (Å²) in [6, 6.07) is 79.4. The van der Waals surface area contributed by atoms with Crippen LogP contribution in [0.5, 0.6) is 11.5 Å². The number of hydrogen-bond donors (Lipinski definition) is 0. The van der Waals surface area contributed by atoms with Gasteiger partial charge in [-0.2, -0.15) is 0 Å². The fourth-order valence-corrected chi connectivity index (χ4v) is 10.3. The van der Waals surface area contributed by atoms with Crippen LogP contribution in [0.2, 0.25) is 0 Å².